The fourth-order valence-corrected chi connectivity index (χ4v) is 4.79. The molecule has 0 spiro atoms. The summed E-state index contributed by atoms with van der Waals surface area (Å²) < 4.78 is 20.4. The second-order valence-electron chi connectivity index (χ2n) is 11.5. The lowest BCUT2D eigenvalue weighted by atomic mass is 9.88. The number of halogens is 1. The SMILES string of the molecule is CCc1ccc(C2CN(C(C)(C)C)CC2C(=O)N2CCN(CC(=O)OC(C)(C)C)CC2)c(F)n1. The molecule has 2 atom stereocenters. The van der Waals surface area contributed by atoms with Gasteiger partial charge >= 0.3 is 5.97 Å². The first kappa shape index (κ1) is 26.5. The van der Waals surface area contributed by atoms with Gasteiger partial charge in [0.1, 0.15) is 5.60 Å². The van der Waals surface area contributed by atoms with E-state index in [9.17, 15) is 14.0 Å². The van der Waals surface area contributed by atoms with Gasteiger partial charge in [0.15, 0.2) is 0 Å². The van der Waals surface area contributed by atoms with Gasteiger partial charge in [0.05, 0.1) is 12.5 Å². The summed E-state index contributed by atoms with van der Waals surface area (Å²) in [5.74, 6) is -1.19. The summed E-state index contributed by atoms with van der Waals surface area (Å²) in [5.41, 5.74) is 0.624. The van der Waals surface area contributed by atoms with Crippen LogP contribution in [-0.4, -0.2) is 88.5 Å². The number of likely N-dealkylation sites (tertiary alicyclic amines) is 1. The molecular formula is C26H41FN4O3. The molecule has 1 aromatic heterocycles. The molecule has 0 aromatic carbocycles. The number of carbonyl (C=O) groups excluding carboxylic acids is 2. The Balaban J connectivity index is 1.70. The molecule has 2 aliphatic rings. The quantitative estimate of drug-likeness (QED) is 0.481. The van der Waals surface area contributed by atoms with Crippen molar-refractivity contribution in [3.8, 4) is 0 Å². The predicted molar refractivity (Wildman–Crippen MR) is 130 cm³/mol. The highest BCUT2D eigenvalue weighted by molar-refractivity contribution is 5.81. The topological polar surface area (TPSA) is 66.0 Å². The van der Waals surface area contributed by atoms with Gasteiger partial charge in [-0.1, -0.05) is 13.0 Å². The van der Waals surface area contributed by atoms with E-state index in [1.807, 2.05) is 49.6 Å². The van der Waals surface area contributed by atoms with E-state index in [-0.39, 0.29) is 35.8 Å². The molecule has 1 amide bonds. The van der Waals surface area contributed by atoms with E-state index in [2.05, 4.69) is 30.7 Å². The highest BCUT2D eigenvalue weighted by atomic mass is 19.1. The Morgan fingerprint density at radius 2 is 1.71 bits per heavy atom. The molecule has 8 heteroatoms. The van der Waals surface area contributed by atoms with Gasteiger partial charge in [-0.2, -0.15) is 4.39 Å². The van der Waals surface area contributed by atoms with Crippen molar-refractivity contribution in [2.45, 2.75) is 71.9 Å². The number of rotatable bonds is 5. The van der Waals surface area contributed by atoms with E-state index in [0.717, 1.165) is 5.69 Å². The van der Waals surface area contributed by atoms with Crippen molar-refractivity contribution in [2.75, 3.05) is 45.8 Å². The second kappa shape index (κ2) is 10.3. The monoisotopic (exact) mass is 476 g/mol. The zero-order chi connectivity index (χ0) is 25.3. The molecule has 3 rings (SSSR count). The zero-order valence-corrected chi connectivity index (χ0v) is 21.9. The molecule has 1 aromatic rings. The third-order valence-electron chi connectivity index (χ3n) is 6.74. The summed E-state index contributed by atoms with van der Waals surface area (Å²) in [6.45, 7) is 17.7. The van der Waals surface area contributed by atoms with Crippen LogP contribution in [0.1, 0.15) is 65.6 Å². The molecule has 0 bridgehead atoms. The van der Waals surface area contributed by atoms with Crippen LogP contribution in [0.15, 0.2) is 12.1 Å². The fraction of sp³-hybridized carbons (Fsp3) is 0.731. The molecule has 0 saturated carbocycles. The van der Waals surface area contributed by atoms with Gasteiger partial charge in [0.2, 0.25) is 11.9 Å². The maximum Gasteiger partial charge on any atom is 0.320 e. The van der Waals surface area contributed by atoms with E-state index in [4.69, 9.17) is 4.74 Å². The van der Waals surface area contributed by atoms with E-state index in [1.54, 1.807) is 0 Å². The molecule has 2 aliphatic heterocycles. The van der Waals surface area contributed by atoms with Crippen LogP contribution in [0, 0.1) is 11.9 Å². The Hall–Kier alpha value is -2.06. The fourth-order valence-electron chi connectivity index (χ4n) is 4.79. The average Bonchev–Trinajstić information content (AvgIpc) is 3.18. The molecule has 0 radical (unpaired) electrons. The Bertz CT molecular complexity index is 885. The molecule has 7 nitrogen and oxygen atoms in total. The minimum Gasteiger partial charge on any atom is -0.459 e. The van der Waals surface area contributed by atoms with Crippen LogP contribution < -0.4 is 0 Å². The van der Waals surface area contributed by atoms with Crippen LogP contribution in [0.5, 0.6) is 0 Å². The summed E-state index contributed by atoms with van der Waals surface area (Å²) in [7, 11) is 0. The molecule has 2 saturated heterocycles. The second-order valence-corrected chi connectivity index (χ2v) is 11.5. The summed E-state index contributed by atoms with van der Waals surface area (Å²) in [4.78, 5) is 36.1. The van der Waals surface area contributed by atoms with Crippen molar-refractivity contribution in [3.63, 3.8) is 0 Å². The maximum atomic E-state index is 15.0. The van der Waals surface area contributed by atoms with Crippen LogP contribution in [0.4, 0.5) is 4.39 Å². The van der Waals surface area contributed by atoms with Crippen molar-refractivity contribution >= 4 is 11.9 Å². The molecular weight excluding hydrogens is 435 g/mol. The lowest BCUT2D eigenvalue weighted by molar-refractivity contribution is -0.156. The number of ether oxygens (including phenoxy) is 1. The Labute approximate surface area is 203 Å². The minimum atomic E-state index is -0.509. The normalized spacial score (nSPS) is 22.8. The molecule has 0 aliphatic carbocycles. The van der Waals surface area contributed by atoms with Crippen molar-refractivity contribution in [1.29, 1.82) is 0 Å². The molecule has 2 unspecified atom stereocenters. The Morgan fingerprint density at radius 1 is 1.06 bits per heavy atom. The third kappa shape index (κ3) is 6.54. The average molecular weight is 477 g/mol. The first-order valence-corrected chi connectivity index (χ1v) is 12.4. The largest absolute Gasteiger partial charge is 0.459 e. The number of pyridine rings is 1. The summed E-state index contributed by atoms with van der Waals surface area (Å²) >= 11 is 0. The number of aryl methyl sites for hydroxylation is 1. The predicted octanol–water partition coefficient (Wildman–Crippen LogP) is 3.08. The number of hydrogen-bond acceptors (Lipinski definition) is 6. The number of hydrogen-bond donors (Lipinski definition) is 0. The summed E-state index contributed by atoms with van der Waals surface area (Å²) in [5, 5.41) is 0. The van der Waals surface area contributed by atoms with E-state index in [0.29, 0.717) is 51.3 Å². The minimum absolute atomic E-state index is 0.0626. The van der Waals surface area contributed by atoms with Gasteiger partial charge in [0, 0.05) is 62.0 Å². The highest BCUT2D eigenvalue weighted by Gasteiger charge is 2.45. The highest BCUT2D eigenvalue weighted by Crippen LogP contribution is 2.38. The Kier molecular flexibility index (Phi) is 8.03. The van der Waals surface area contributed by atoms with Gasteiger partial charge in [-0.3, -0.25) is 19.4 Å². The first-order chi connectivity index (χ1) is 15.8. The van der Waals surface area contributed by atoms with Gasteiger partial charge in [0.25, 0.3) is 0 Å². The van der Waals surface area contributed by atoms with Crippen LogP contribution in [0.25, 0.3) is 0 Å². The van der Waals surface area contributed by atoms with E-state index in [1.165, 1.54) is 0 Å². The number of aromatic nitrogens is 1. The van der Waals surface area contributed by atoms with Gasteiger partial charge < -0.3 is 9.64 Å². The van der Waals surface area contributed by atoms with Gasteiger partial charge in [-0.05, 0) is 54.0 Å². The zero-order valence-electron chi connectivity index (χ0n) is 21.9. The van der Waals surface area contributed by atoms with Crippen molar-refractivity contribution in [3.05, 3.63) is 29.3 Å². The Morgan fingerprint density at radius 3 is 2.24 bits per heavy atom. The van der Waals surface area contributed by atoms with Gasteiger partial charge in [-0.25, -0.2) is 4.98 Å². The number of piperazine rings is 1. The smallest absolute Gasteiger partial charge is 0.320 e. The lowest BCUT2D eigenvalue weighted by Crippen LogP contribution is -2.52. The van der Waals surface area contributed by atoms with Crippen LogP contribution >= 0.6 is 0 Å². The summed E-state index contributed by atoms with van der Waals surface area (Å²) in [6.07, 6.45) is 0.673. The number of amides is 1. The van der Waals surface area contributed by atoms with Crippen molar-refractivity contribution in [1.82, 2.24) is 19.7 Å². The third-order valence-corrected chi connectivity index (χ3v) is 6.74. The molecule has 2 fully saturated rings. The first-order valence-electron chi connectivity index (χ1n) is 12.4. The van der Waals surface area contributed by atoms with Crippen LogP contribution in [0.2, 0.25) is 0 Å². The molecule has 3 heterocycles. The van der Waals surface area contributed by atoms with E-state index < -0.39 is 11.5 Å². The summed E-state index contributed by atoms with van der Waals surface area (Å²) in [6, 6.07) is 3.69. The number of nitrogens with zero attached hydrogens (tertiary/aromatic N) is 4. The standard InChI is InChI=1S/C26H41FN4O3/c1-8-18-9-10-19(23(27)28-18)20-15-31(25(2,3)4)16-21(20)24(33)30-13-11-29(12-14-30)17-22(32)34-26(5,6)7/h9-10,20-21H,8,11-17H2,1-7H3. The molecule has 190 valence electrons. The van der Waals surface area contributed by atoms with Crippen molar-refractivity contribution in [2.24, 2.45) is 5.92 Å². The van der Waals surface area contributed by atoms with Crippen LogP contribution in [0.3, 0.4) is 0 Å². The van der Waals surface area contributed by atoms with Gasteiger partial charge in [-0.15, -0.1) is 0 Å². The van der Waals surface area contributed by atoms with Crippen molar-refractivity contribution < 1.29 is 18.7 Å². The van der Waals surface area contributed by atoms with Crippen LogP contribution in [-0.2, 0) is 20.7 Å². The number of esters is 1. The lowest BCUT2D eigenvalue weighted by Gasteiger charge is -2.36. The van der Waals surface area contributed by atoms with E-state index >= 15 is 0 Å². The molecule has 0 N–H and O–H groups in total. The number of carbonyl (C=O) groups is 2. The molecule has 34 heavy (non-hydrogen) atoms. The maximum absolute atomic E-state index is 15.0.